The number of benzene rings is 1. The smallest absolute Gasteiger partial charge is 0.232 e. The summed E-state index contributed by atoms with van der Waals surface area (Å²) in [6, 6.07) is 6.25. The van der Waals surface area contributed by atoms with Crippen molar-refractivity contribution in [1.82, 2.24) is 15.0 Å². The Morgan fingerprint density at radius 3 is 2.79 bits per heavy atom. The summed E-state index contributed by atoms with van der Waals surface area (Å²) in [5.41, 5.74) is 6.95. The van der Waals surface area contributed by atoms with Crippen LogP contribution in [0.15, 0.2) is 41.7 Å². The van der Waals surface area contributed by atoms with E-state index in [4.69, 9.17) is 10.5 Å². The first-order chi connectivity index (χ1) is 16.1. The van der Waals surface area contributed by atoms with Crippen LogP contribution in [0.3, 0.4) is 0 Å². The van der Waals surface area contributed by atoms with Crippen LogP contribution in [0.2, 0.25) is 0 Å². The molecule has 2 bridgehead atoms. The van der Waals surface area contributed by atoms with E-state index >= 15 is 4.39 Å². The summed E-state index contributed by atoms with van der Waals surface area (Å²) in [7, 11) is -1.66. The van der Waals surface area contributed by atoms with Gasteiger partial charge in [-0.2, -0.15) is 10.6 Å². The molecule has 2 aromatic heterocycles. The van der Waals surface area contributed by atoms with Crippen molar-refractivity contribution >= 4 is 39.0 Å². The second-order valence-electron chi connectivity index (χ2n) is 9.11. The van der Waals surface area contributed by atoms with Gasteiger partial charge in [0.1, 0.15) is 27.5 Å². The van der Waals surface area contributed by atoms with Gasteiger partial charge in [-0.3, -0.25) is 14.1 Å². The van der Waals surface area contributed by atoms with E-state index in [2.05, 4.69) is 25.3 Å². The lowest BCUT2D eigenvalue weighted by atomic mass is 9.82. The quantitative estimate of drug-likeness (QED) is 0.421. The molecule has 9 nitrogen and oxygen atoms in total. The van der Waals surface area contributed by atoms with Crippen molar-refractivity contribution in [3.8, 4) is 5.88 Å². The van der Waals surface area contributed by atoms with E-state index in [1.54, 1.807) is 38.2 Å². The molecule has 5 N–H and O–H groups in total. The van der Waals surface area contributed by atoms with Crippen LogP contribution in [-0.2, 0) is 5.54 Å². The van der Waals surface area contributed by atoms with Crippen molar-refractivity contribution < 1.29 is 18.2 Å². The molecule has 3 atom stereocenters. The molecule has 0 aliphatic carbocycles. The predicted octanol–water partition coefficient (Wildman–Crippen LogP) is 4.56. The molecule has 2 aliphatic heterocycles. The molecular weight excluding hydrogens is 459 g/mol. The first-order valence-corrected chi connectivity index (χ1v) is 12.6. The number of hydrogen-bond acceptors (Lipinski definition) is 9. The molecule has 0 unspecified atom stereocenters. The Balaban J connectivity index is 1.58. The molecule has 4 heterocycles. The maximum atomic E-state index is 15.2. The van der Waals surface area contributed by atoms with Crippen LogP contribution in [0.5, 0.6) is 5.88 Å². The largest absolute Gasteiger partial charge is 0.480 e. The molecule has 0 amide bonds. The third-order valence-corrected chi connectivity index (χ3v) is 10.4. The Labute approximate surface area is 198 Å². The number of halogens is 1. The average Bonchev–Trinajstić information content (AvgIpc) is 2.80. The van der Waals surface area contributed by atoms with Gasteiger partial charge in [0, 0.05) is 17.4 Å². The first kappa shape index (κ1) is 22.8. The number of ether oxygens (including phenoxy) is 1. The van der Waals surface area contributed by atoms with Crippen LogP contribution in [-0.4, -0.2) is 47.0 Å². The number of pyridine rings is 1. The maximum Gasteiger partial charge on any atom is 0.232 e. The lowest BCUT2D eigenvalue weighted by Crippen LogP contribution is -2.60. The Bertz CT molecular complexity index is 1320. The van der Waals surface area contributed by atoms with Crippen molar-refractivity contribution in [2.75, 3.05) is 12.4 Å². The molecule has 11 heteroatoms. The normalized spacial score (nSPS) is 28.8. The molecule has 0 radical (unpaired) electrons. The van der Waals surface area contributed by atoms with E-state index in [0.29, 0.717) is 41.3 Å². The van der Waals surface area contributed by atoms with E-state index in [1.165, 1.54) is 19.4 Å². The predicted molar refractivity (Wildman–Crippen MR) is 131 cm³/mol. The number of fused-ring (bicyclic) bond motifs is 3. The molecule has 3 aromatic rings. The van der Waals surface area contributed by atoms with E-state index in [1.807, 2.05) is 0 Å². The molecule has 5 rings (SSSR count). The highest BCUT2D eigenvalue weighted by Gasteiger charge is 2.60. The van der Waals surface area contributed by atoms with Gasteiger partial charge in [-0.15, -0.1) is 0 Å². The molecule has 1 saturated heterocycles. The highest BCUT2D eigenvalue weighted by atomic mass is 32.3. The zero-order valence-corrected chi connectivity index (χ0v) is 19.9. The highest BCUT2D eigenvalue weighted by molar-refractivity contribution is 8.26. The number of amidine groups is 1. The lowest BCUT2D eigenvalue weighted by Gasteiger charge is -2.62. The van der Waals surface area contributed by atoms with Crippen LogP contribution in [0.4, 0.5) is 15.9 Å². The topological polar surface area (TPSA) is 139 Å². The zero-order valence-electron chi connectivity index (χ0n) is 19.1. The summed E-state index contributed by atoms with van der Waals surface area (Å²) in [4.78, 5) is 17.8. The summed E-state index contributed by atoms with van der Waals surface area (Å²) in [6.07, 6.45) is 4.90. The van der Waals surface area contributed by atoms with Crippen molar-refractivity contribution in [3.05, 3.63) is 48.0 Å². The Kier molecular flexibility index (Phi) is 5.19. The van der Waals surface area contributed by atoms with Crippen molar-refractivity contribution in [2.24, 2.45) is 10.7 Å². The Morgan fingerprint density at radius 2 is 2.03 bits per heavy atom. The first-order valence-electron chi connectivity index (χ1n) is 11.0. The molecular formula is C23H27FN6O3S. The van der Waals surface area contributed by atoms with E-state index in [0.717, 1.165) is 6.42 Å². The number of methoxy groups -OCH3 is 1. The van der Waals surface area contributed by atoms with Crippen LogP contribution >= 0.6 is 10.6 Å². The molecule has 1 aromatic carbocycles. The van der Waals surface area contributed by atoms with Gasteiger partial charge in [0.25, 0.3) is 0 Å². The number of hydrogen-bond donors (Lipinski definition) is 4. The zero-order chi connectivity index (χ0) is 24.3. The van der Waals surface area contributed by atoms with Gasteiger partial charge in [0.15, 0.2) is 5.82 Å². The van der Waals surface area contributed by atoms with Crippen LogP contribution in [0, 0.1) is 5.82 Å². The second-order valence-corrected chi connectivity index (χ2v) is 11.8. The molecule has 0 saturated carbocycles. The fourth-order valence-electron chi connectivity index (χ4n) is 5.06. The number of anilines is 2. The third-order valence-electron chi connectivity index (χ3n) is 7.12. The summed E-state index contributed by atoms with van der Waals surface area (Å²) in [5.74, 6) is 0.484. The number of aromatic nitrogens is 3. The van der Waals surface area contributed by atoms with Gasteiger partial charge < -0.3 is 15.8 Å². The van der Waals surface area contributed by atoms with E-state index < -0.39 is 31.9 Å². The third kappa shape index (κ3) is 3.22. The number of nitrogens with zero attached hydrogens (tertiary/aromatic N) is 4. The molecule has 180 valence electrons. The molecule has 34 heavy (non-hydrogen) atoms. The minimum Gasteiger partial charge on any atom is -0.480 e. The van der Waals surface area contributed by atoms with E-state index in [9.17, 15) is 9.11 Å². The Morgan fingerprint density at radius 1 is 1.24 bits per heavy atom. The number of nitrogens with two attached hydrogens (primary N) is 1. The molecule has 2 aliphatic rings. The number of aliphatic imine (C=N–C) groups is 1. The summed E-state index contributed by atoms with van der Waals surface area (Å²) in [6.45, 7) is 3.46. The van der Waals surface area contributed by atoms with Gasteiger partial charge in [-0.1, -0.05) is 0 Å². The summed E-state index contributed by atoms with van der Waals surface area (Å²) >= 11 is 0. The van der Waals surface area contributed by atoms with Crippen LogP contribution < -0.4 is 15.8 Å². The van der Waals surface area contributed by atoms with E-state index in [-0.39, 0.29) is 11.4 Å². The summed E-state index contributed by atoms with van der Waals surface area (Å²) < 4.78 is 41.9. The summed E-state index contributed by atoms with van der Waals surface area (Å²) in [5, 5.41) is 2.54. The SMILES string of the molecule is COc1cnc2c(Nc3ccc(F)c([C@@]4(C)N=C(N)[C@@]5(C)CCC[C@@H]4S5(O)O)c3)nccc2n1. The molecule has 1 fully saturated rings. The molecule has 0 spiro atoms. The van der Waals surface area contributed by atoms with Gasteiger partial charge in [-0.05, 0) is 57.4 Å². The van der Waals surface area contributed by atoms with Gasteiger partial charge in [0.05, 0.1) is 24.1 Å². The lowest BCUT2D eigenvalue weighted by molar-refractivity contribution is 0.315. The van der Waals surface area contributed by atoms with Crippen LogP contribution in [0.25, 0.3) is 11.0 Å². The average molecular weight is 487 g/mol. The van der Waals surface area contributed by atoms with Gasteiger partial charge >= 0.3 is 0 Å². The number of rotatable bonds is 4. The second kappa shape index (κ2) is 7.76. The fourth-order valence-corrected chi connectivity index (χ4v) is 7.80. The maximum absolute atomic E-state index is 15.2. The monoisotopic (exact) mass is 486 g/mol. The minimum absolute atomic E-state index is 0.156. The van der Waals surface area contributed by atoms with Crippen molar-refractivity contribution in [1.29, 1.82) is 0 Å². The van der Waals surface area contributed by atoms with Crippen LogP contribution in [0.1, 0.15) is 38.7 Å². The minimum atomic E-state index is -3.18. The number of nitrogens with one attached hydrogen (secondary N) is 1. The fraction of sp³-hybridized carbons (Fsp3) is 0.391. The Hall–Kier alpha value is -3.02. The van der Waals surface area contributed by atoms with Gasteiger partial charge in [-0.25, -0.2) is 19.3 Å². The standard InChI is InChI=1S/C23H27FN6O3S/c1-22-9-4-5-17(34(22,31)32)23(2,30-21(22)25)14-11-13(6-7-15(14)24)28-20-19-16(8-10-26-20)29-18(33-3)12-27-19/h6-8,10-12,17,31-32H,4-5,9H2,1-3H3,(H2,25,30)(H,26,28)/t17-,22+,23+/m0/s1. The van der Waals surface area contributed by atoms with Crippen molar-refractivity contribution in [2.45, 2.75) is 48.6 Å². The van der Waals surface area contributed by atoms with Crippen molar-refractivity contribution in [3.63, 3.8) is 0 Å². The van der Waals surface area contributed by atoms with Gasteiger partial charge in [0.2, 0.25) is 5.88 Å². The highest BCUT2D eigenvalue weighted by Crippen LogP contribution is 2.69.